The van der Waals surface area contributed by atoms with Crippen LogP contribution in [0.15, 0.2) is 41.6 Å². The number of ether oxygens (including phenoxy) is 1. The Kier molecular flexibility index (Phi) is 4.78. The summed E-state index contributed by atoms with van der Waals surface area (Å²) in [5.41, 5.74) is 1.66. The largest absolute Gasteiger partial charge is 0.454 e. The van der Waals surface area contributed by atoms with Crippen molar-refractivity contribution >= 4 is 5.97 Å². The van der Waals surface area contributed by atoms with Crippen LogP contribution in [0.2, 0.25) is 0 Å². The molecule has 1 N–H and O–H groups in total. The maximum absolute atomic E-state index is 12.2. The Bertz CT molecular complexity index is 920. The van der Waals surface area contributed by atoms with Crippen LogP contribution in [0.1, 0.15) is 35.2 Å². The Balaban J connectivity index is 1.69. The quantitative estimate of drug-likeness (QED) is 0.690. The van der Waals surface area contributed by atoms with Crippen molar-refractivity contribution in [1.82, 2.24) is 24.3 Å². The number of benzene rings is 1. The Labute approximate surface area is 144 Å². The molecular formula is C17H19N5O3. The maximum Gasteiger partial charge on any atom is 0.338 e. The highest BCUT2D eigenvalue weighted by molar-refractivity contribution is 5.89. The number of imidazole rings is 1. The summed E-state index contributed by atoms with van der Waals surface area (Å²) in [4.78, 5) is 30.7. The summed E-state index contributed by atoms with van der Waals surface area (Å²) in [6.45, 7) is 4.66. The first-order valence-corrected chi connectivity index (χ1v) is 8.01. The molecule has 0 unspecified atom stereocenters. The molecule has 0 radical (unpaired) electrons. The summed E-state index contributed by atoms with van der Waals surface area (Å²) in [6, 6.07) is 6.68. The highest BCUT2D eigenvalue weighted by Gasteiger charge is 2.12. The number of carbonyl (C=O) groups excluding carboxylic acids is 1. The van der Waals surface area contributed by atoms with Gasteiger partial charge in [-0.15, -0.1) is 0 Å². The molecular weight excluding hydrogens is 322 g/mol. The van der Waals surface area contributed by atoms with Crippen molar-refractivity contribution in [3.05, 3.63) is 64.4 Å². The molecule has 0 bridgehead atoms. The number of rotatable bonds is 6. The average Bonchev–Trinajstić information content (AvgIpc) is 3.19. The number of carbonyl (C=O) groups is 1. The average molecular weight is 341 g/mol. The van der Waals surface area contributed by atoms with Crippen LogP contribution in [0.25, 0.3) is 5.69 Å². The number of hydrogen-bond acceptors (Lipinski definition) is 5. The number of aromatic nitrogens is 5. The lowest BCUT2D eigenvalue weighted by atomic mass is 10.2. The molecule has 0 saturated heterocycles. The zero-order chi connectivity index (χ0) is 17.8. The van der Waals surface area contributed by atoms with E-state index >= 15 is 0 Å². The number of nitrogens with zero attached hydrogens (tertiary/aromatic N) is 4. The molecule has 25 heavy (non-hydrogen) atoms. The second-order valence-corrected chi connectivity index (χ2v) is 5.59. The monoisotopic (exact) mass is 341 g/mol. The van der Waals surface area contributed by atoms with Gasteiger partial charge in [0.15, 0.2) is 12.4 Å². The molecule has 2 aromatic heterocycles. The van der Waals surface area contributed by atoms with Gasteiger partial charge in [0, 0.05) is 18.4 Å². The van der Waals surface area contributed by atoms with Crippen LogP contribution in [0.4, 0.5) is 0 Å². The van der Waals surface area contributed by atoms with Gasteiger partial charge in [-0.2, -0.15) is 5.10 Å². The van der Waals surface area contributed by atoms with E-state index in [4.69, 9.17) is 4.74 Å². The van der Waals surface area contributed by atoms with Crippen LogP contribution in [-0.2, 0) is 17.9 Å². The third-order valence-electron chi connectivity index (χ3n) is 3.79. The lowest BCUT2D eigenvalue weighted by Crippen LogP contribution is -2.16. The molecule has 130 valence electrons. The first-order chi connectivity index (χ1) is 12.1. The van der Waals surface area contributed by atoms with Crippen LogP contribution in [-0.4, -0.2) is 30.3 Å². The molecule has 0 aliphatic carbocycles. The molecule has 0 saturated carbocycles. The maximum atomic E-state index is 12.2. The van der Waals surface area contributed by atoms with Crippen LogP contribution < -0.4 is 5.69 Å². The first kappa shape index (κ1) is 16.7. The summed E-state index contributed by atoms with van der Waals surface area (Å²) >= 11 is 0. The fraction of sp³-hybridized carbons (Fsp3) is 0.294. The minimum atomic E-state index is -0.448. The van der Waals surface area contributed by atoms with E-state index in [1.54, 1.807) is 35.1 Å². The lowest BCUT2D eigenvalue weighted by molar-refractivity contribution is 0.0456. The zero-order valence-corrected chi connectivity index (χ0v) is 14.1. The molecule has 3 aromatic rings. The third-order valence-corrected chi connectivity index (χ3v) is 3.79. The molecule has 2 heterocycles. The second kappa shape index (κ2) is 7.16. The lowest BCUT2D eigenvalue weighted by Gasteiger charge is -2.08. The highest BCUT2D eigenvalue weighted by atomic mass is 16.5. The van der Waals surface area contributed by atoms with E-state index in [9.17, 15) is 9.59 Å². The Morgan fingerprint density at radius 1 is 1.28 bits per heavy atom. The van der Waals surface area contributed by atoms with Gasteiger partial charge in [0.2, 0.25) is 0 Å². The van der Waals surface area contributed by atoms with Crippen molar-refractivity contribution in [2.75, 3.05) is 0 Å². The minimum Gasteiger partial charge on any atom is -0.454 e. The van der Waals surface area contributed by atoms with Crippen LogP contribution in [0, 0.1) is 6.92 Å². The van der Waals surface area contributed by atoms with Crippen molar-refractivity contribution in [3.63, 3.8) is 0 Å². The Morgan fingerprint density at radius 3 is 2.68 bits per heavy atom. The Morgan fingerprint density at radius 2 is 2.04 bits per heavy atom. The van der Waals surface area contributed by atoms with Crippen LogP contribution in [0.3, 0.4) is 0 Å². The summed E-state index contributed by atoms with van der Waals surface area (Å²) < 4.78 is 8.55. The topological polar surface area (TPSA) is 94.8 Å². The van der Waals surface area contributed by atoms with E-state index in [-0.39, 0.29) is 12.3 Å². The van der Waals surface area contributed by atoms with Crippen molar-refractivity contribution in [1.29, 1.82) is 0 Å². The fourth-order valence-corrected chi connectivity index (χ4v) is 2.53. The molecule has 3 rings (SSSR count). The molecule has 0 amide bonds. The smallest absolute Gasteiger partial charge is 0.338 e. The number of H-pyrrole nitrogens is 1. The molecule has 8 heteroatoms. The van der Waals surface area contributed by atoms with Crippen LogP contribution >= 0.6 is 0 Å². The van der Waals surface area contributed by atoms with Gasteiger partial charge in [0.1, 0.15) is 6.33 Å². The zero-order valence-electron chi connectivity index (χ0n) is 14.1. The molecule has 8 nitrogen and oxygen atoms in total. The van der Waals surface area contributed by atoms with Crippen molar-refractivity contribution in [2.24, 2.45) is 0 Å². The van der Waals surface area contributed by atoms with Gasteiger partial charge in [-0.05, 0) is 37.6 Å². The molecule has 0 atom stereocenters. The fourth-order valence-electron chi connectivity index (χ4n) is 2.53. The minimum absolute atomic E-state index is 0.0664. The van der Waals surface area contributed by atoms with E-state index in [0.29, 0.717) is 17.1 Å². The summed E-state index contributed by atoms with van der Waals surface area (Å²) in [7, 11) is 0. The van der Waals surface area contributed by atoms with Gasteiger partial charge in [-0.1, -0.05) is 6.92 Å². The molecule has 0 fully saturated rings. The van der Waals surface area contributed by atoms with Crippen molar-refractivity contribution in [3.8, 4) is 5.69 Å². The highest BCUT2D eigenvalue weighted by Crippen LogP contribution is 2.11. The number of aryl methyl sites for hydroxylation is 2. The van der Waals surface area contributed by atoms with Gasteiger partial charge in [-0.3, -0.25) is 4.57 Å². The SMILES string of the molecule is CCCn1ncnc1COC(=O)c1ccc(-n2c(C)c[nH]c2=O)cc1. The number of nitrogens with one attached hydrogen (secondary N) is 1. The summed E-state index contributed by atoms with van der Waals surface area (Å²) in [5.74, 6) is 0.164. The second-order valence-electron chi connectivity index (χ2n) is 5.59. The normalized spacial score (nSPS) is 10.8. The van der Waals surface area contributed by atoms with Gasteiger partial charge in [0.25, 0.3) is 0 Å². The van der Waals surface area contributed by atoms with E-state index < -0.39 is 5.97 Å². The van der Waals surface area contributed by atoms with Gasteiger partial charge < -0.3 is 9.72 Å². The van der Waals surface area contributed by atoms with E-state index in [0.717, 1.165) is 18.7 Å². The van der Waals surface area contributed by atoms with Crippen molar-refractivity contribution in [2.45, 2.75) is 33.4 Å². The van der Waals surface area contributed by atoms with Gasteiger partial charge in [0.05, 0.1) is 11.3 Å². The van der Waals surface area contributed by atoms with E-state index in [1.807, 2.05) is 13.8 Å². The molecule has 0 aliphatic rings. The predicted molar refractivity (Wildman–Crippen MR) is 90.6 cm³/mol. The predicted octanol–water partition coefficient (Wildman–Crippen LogP) is 1.83. The van der Waals surface area contributed by atoms with Crippen molar-refractivity contribution < 1.29 is 9.53 Å². The summed E-state index contributed by atoms with van der Waals surface area (Å²) in [5, 5.41) is 4.09. The van der Waals surface area contributed by atoms with Crippen LogP contribution in [0.5, 0.6) is 0 Å². The third kappa shape index (κ3) is 3.52. The summed E-state index contributed by atoms with van der Waals surface area (Å²) in [6.07, 6.45) is 4.01. The standard InChI is InChI=1S/C17H19N5O3/c1-3-8-21-15(19-11-20-21)10-25-16(23)13-4-6-14(7-5-13)22-12(2)9-18-17(22)24/h4-7,9,11H,3,8,10H2,1-2H3,(H,18,24). The van der Waals surface area contributed by atoms with E-state index in [1.165, 1.54) is 10.9 Å². The molecule has 1 aromatic carbocycles. The first-order valence-electron chi connectivity index (χ1n) is 8.01. The number of hydrogen-bond donors (Lipinski definition) is 1. The molecule has 0 spiro atoms. The number of aromatic amines is 1. The van der Waals surface area contributed by atoms with Gasteiger partial charge >= 0.3 is 11.7 Å². The van der Waals surface area contributed by atoms with Gasteiger partial charge in [-0.25, -0.2) is 19.3 Å². The molecule has 0 aliphatic heterocycles. The van der Waals surface area contributed by atoms with E-state index in [2.05, 4.69) is 15.1 Å². The Hall–Kier alpha value is -3.16. The number of esters is 1.